The lowest BCUT2D eigenvalue weighted by Gasteiger charge is -2.14. The third kappa shape index (κ3) is 3.18. The second-order valence-corrected chi connectivity index (χ2v) is 8.69. The van der Waals surface area contributed by atoms with E-state index in [1.807, 2.05) is 37.3 Å². The van der Waals surface area contributed by atoms with E-state index in [-0.39, 0.29) is 23.9 Å². The van der Waals surface area contributed by atoms with Gasteiger partial charge >= 0.3 is 0 Å². The third-order valence-corrected chi connectivity index (χ3v) is 6.59. The molecule has 31 heavy (non-hydrogen) atoms. The number of imide groups is 1. The fraction of sp³-hybridized carbons (Fsp3) is 0.167. The molecule has 2 aromatic heterocycles. The number of nitrogens with zero attached hydrogens (tertiary/aromatic N) is 3. The van der Waals surface area contributed by atoms with Crippen LogP contribution in [0, 0.1) is 6.92 Å². The Morgan fingerprint density at radius 3 is 2.19 bits per heavy atom. The SMILES string of the molecule is Cc1sc2ncn(CCCN3C(=O)c4ccccc4C3=O)c(=O)c2c1-c1ccccc1. The Kier molecular flexibility index (Phi) is 4.75. The third-order valence-electron chi connectivity index (χ3n) is 5.58. The molecule has 0 bridgehead atoms. The number of amides is 2. The predicted molar refractivity (Wildman–Crippen MR) is 120 cm³/mol. The van der Waals surface area contributed by atoms with E-state index in [4.69, 9.17) is 0 Å². The lowest BCUT2D eigenvalue weighted by Crippen LogP contribution is -2.32. The van der Waals surface area contributed by atoms with E-state index in [0.717, 1.165) is 20.8 Å². The minimum atomic E-state index is -0.277. The summed E-state index contributed by atoms with van der Waals surface area (Å²) in [6.45, 7) is 2.63. The summed E-state index contributed by atoms with van der Waals surface area (Å²) < 4.78 is 1.57. The zero-order valence-corrected chi connectivity index (χ0v) is 17.7. The molecule has 4 aromatic rings. The number of aryl methyl sites for hydroxylation is 2. The van der Waals surface area contributed by atoms with Crippen LogP contribution >= 0.6 is 11.3 Å². The smallest absolute Gasteiger partial charge is 0.262 e. The van der Waals surface area contributed by atoms with Crippen molar-refractivity contribution in [2.75, 3.05) is 6.54 Å². The van der Waals surface area contributed by atoms with Gasteiger partial charge in [0.2, 0.25) is 0 Å². The summed E-state index contributed by atoms with van der Waals surface area (Å²) in [5.74, 6) is -0.553. The van der Waals surface area contributed by atoms with Gasteiger partial charge in [0.1, 0.15) is 4.83 Å². The first kappa shape index (κ1) is 19.4. The van der Waals surface area contributed by atoms with E-state index in [1.54, 1.807) is 35.2 Å². The van der Waals surface area contributed by atoms with Crippen LogP contribution in [0.25, 0.3) is 21.3 Å². The van der Waals surface area contributed by atoms with Crippen LogP contribution in [0.3, 0.4) is 0 Å². The summed E-state index contributed by atoms with van der Waals surface area (Å²) in [5.41, 5.74) is 2.69. The molecule has 1 aliphatic heterocycles. The Labute approximate surface area is 182 Å². The maximum atomic E-state index is 13.3. The Morgan fingerprint density at radius 1 is 0.871 bits per heavy atom. The van der Waals surface area contributed by atoms with Gasteiger partial charge in [-0.2, -0.15) is 0 Å². The van der Waals surface area contributed by atoms with Gasteiger partial charge in [-0.05, 0) is 31.0 Å². The lowest BCUT2D eigenvalue weighted by atomic mass is 10.0. The van der Waals surface area contributed by atoms with Gasteiger partial charge in [-0.1, -0.05) is 42.5 Å². The maximum Gasteiger partial charge on any atom is 0.262 e. The van der Waals surface area contributed by atoms with Crippen LogP contribution in [-0.4, -0.2) is 32.8 Å². The Bertz CT molecular complexity index is 1350. The molecule has 0 N–H and O–H groups in total. The van der Waals surface area contributed by atoms with Gasteiger partial charge in [0.05, 0.1) is 22.8 Å². The van der Waals surface area contributed by atoms with Crippen LogP contribution < -0.4 is 5.56 Å². The van der Waals surface area contributed by atoms with E-state index in [9.17, 15) is 14.4 Å². The minimum absolute atomic E-state index is 0.101. The molecule has 2 aromatic carbocycles. The van der Waals surface area contributed by atoms with Crippen molar-refractivity contribution in [2.45, 2.75) is 19.9 Å². The number of carbonyl (C=O) groups is 2. The normalized spacial score (nSPS) is 13.3. The van der Waals surface area contributed by atoms with E-state index in [2.05, 4.69) is 4.98 Å². The monoisotopic (exact) mass is 429 g/mol. The highest BCUT2D eigenvalue weighted by Gasteiger charge is 2.34. The average Bonchev–Trinajstić information content (AvgIpc) is 3.25. The van der Waals surface area contributed by atoms with E-state index < -0.39 is 0 Å². The van der Waals surface area contributed by atoms with Crippen LogP contribution in [0.5, 0.6) is 0 Å². The number of thiophene rings is 1. The lowest BCUT2D eigenvalue weighted by molar-refractivity contribution is 0.0650. The summed E-state index contributed by atoms with van der Waals surface area (Å²) in [7, 11) is 0. The summed E-state index contributed by atoms with van der Waals surface area (Å²) in [4.78, 5) is 45.8. The zero-order chi connectivity index (χ0) is 21.5. The van der Waals surface area contributed by atoms with E-state index in [1.165, 1.54) is 16.2 Å². The van der Waals surface area contributed by atoms with Crippen molar-refractivity contribution in [3.05, 3.63) is 87.3 Å². The van der Waals surface area contributed by atoms with Gasteiger partial charge in [-0.3, -0.25) is 23.9 Å². The van der Waals surface area contributed by atoms with Crippen LogP contribution in [-0.2, 0) is 6.54 Å². The molecule has 0 unspecified atom stereocenters. The summed E-state index contributed by atoms with van der Waals surface area (Å²) in [6.07, 6.45) is 2.03. The molecule has 7 heteroatoms. The number of rotatable bonds is 5. The van der Waals surface area contributed by atoms with Crippen molar-refractivity contribution >= 4 is 33.4 Å². The molecule has 0 fully saturated rings. The second-order valence-electron chi connectivity index (χ2n) is 7.48. The van der Waals surface area contributed by atoms with Crippen molar-refractivity contribution in [2.24, 2.45) is 0 Å². The summed E-state index contributed by atoms with van der Waals surface area (Å²) >= 11 is 1.51. The number of hydrogen-bond donors (Lipinski definition) is 0. The first-order chi connectivity index (χ1) is 15.1. The molecule has 154 valence electrons. The molecule has 3 heterocycles. The number of fused-ring (bicyclic) bond motifs is 2. The van der Waals surface area contributed by atoms with E-state index in [0.29, 0.717) is 29.5 Å². The van der Waals surface area contributed by atoms with Crippen molar-refractivity contribution in [3.63, 3.8) is 0 Å². The van der Waals surface area contributed by atoms with Crippen LogP contribution in [0.4, 0.5) is 0 Å². The van der Waals surface area contributed by atoms with Crippen molar-refractivity contribution in [1.82, 2.24) is 14.5 Å². The Balaban J connectivity index is 1.40. The summed E-state index contributed by atoms with van der Waals surface area (Å²) in [5, 5.41) is 0.622. The zero-order valence-electron chi connectivity index (χ0n) is 16.9. The highest BCUT2D eigenvalue weighted by molar-refractivity contribution is 7.19. The molecule has 1 aliphatic rings. The number of aromatic nitrogens is 2. The Morgan fingerprint density at radius 2 is 1.52 bits per heavy atom. The van der Waals surface area contributed by atoms with Crippen LogP contribution in [0.1, 0.15) is 32.0 Å². The predicted octanol–water partition coefficient (Wildman–Crippen LogP) is 4.12. The minimum Gasteiger partial charge on any atom is -0.299 e. The second kappa shape index (κ2) is 7.59. The molecule has 0 saturated carbocycles. The highest BCUT2D eigenvalue weighted by atomic mass is 32.1. The molecule has 0 spiro atoms. The van der Waals surface area contributed by atoms with Crippen LogP contribution in [0.15, 0.2) is 65.7 Å². The van der Waals surface area contributed by atoms with Crippen molar-refractivity contribution in [1.29, 1.82) is 0 Å². The van der Waals surface area contributed by atoms with Gasteiger partial charge < -0.3 is 0 Å². The van der Waals surface area contributed by atoms with Gasteiger partial charge in [-0.15, -0.1) is 11.3 Å². The molecule has 6 nitrogen and oxygen atoms in total. The Hall–Kier alpha value is -3.58. The standard InChI is InChI=1S/C24H19N3O3S/c1-15-19(16-8-3-2-4-9-16)20-21(31-15)25-14-26(24(20)30)12-7-13-27-22(28)17-10-5-6-11-18(17)23(27)29/h2-6,8-11,14H,7,12-13H2,1H3. The van der Waals surface area contributed by atoms with Crippen LogP contribution in [0.2, 0.25) is 0 Å². The number of benzene rings is 2. The maximum absolute atomic E-state index is 13.3. The number of hydrogen-bond acceptors (Lipinski definition) is 5. The molecule has 0 aliphatic carbocycles. The van der Waals surface area contributed by atoms with Gasteiger partial charge in [0.15, 0.2) is 0 Å². The van der Waals surface area contributed by atoms with Gasteiger partial charge in [0, 0.05) is 23.5 Å². The first-order valence-corrected chi connectivity index (χ1v) is 10.9. The quantitative estimate of drug-likeness (QED) is 0.448. The fourth-order valence-corrected chi connectivity index (χ4v) is 5.09. The summed E-state index contributed by atoms with van der Waals surface area (Å²) in [6, 6.07) is 16.7. The average molecular weight is 430 g/mol. The number of carbonyl (C=O) groups excluding carboxylic acids is 2. The molecule has 0 radical (unpaired) electrons. The highest BCUT2D eigenvalue weighted by Crippen LogP contribution is 2.35. The fourth-order valence-electron chi connectivity index (χ4n) is 4.09. The molecule has 0 atom stereocenters. The molecule has 5 rings (SSSR count). The van der Waals surface area contributed by atoms with Gasteiger partial charge in [-0.25, -0.2) is 4.98 Å². The molecule has 0 saturated heterocycles. The largest absolute Gasteiger partial charge is 0.299 e. The van der Waals surface area contributed by atoms with Crippen molar-refractivity contribution < 1.29 is 9.59 Å². The first-order valence-electron chi connectivity index (χ1n) is 10.1. The van der Waals surface area contributed by atoms with Gasteiger partial charge in [0.25, 0.3) is 17.4 Å². The van der Waals surface area contributed by atoms with Crippen molar-refractivity contribution in [3.8, 4) is 11.1 Å². The molecular formula is C24H19N3O3S. The van der Waals surface area contributed by atoms with E-state index >= 15 is 0 Å². The molecule has 2 amide bonds. The molecular weight excluding hydrogens is 410 g/mol. The topological polar surface area (TPSA) is 72.3 Å².